The highest BCUT2D eigenvalue weighted by Crippen LogP contribution is 2.29. The van der Waals surface area contributed by atoms with Crippen molar-refractivity contribution in [2.24, 2.45) is 0 Å². The molecule has 0 saturated heterocycles. The van der Waals surface area contributed by atoms with E-state index >= 15 is 0 Å². The fourth-order valence-corrected chi connectivity index (χ4v) is 6.52. The number of rotatable bonds is 18. The molecule has 0 atom stereocenters. The third kappa shape index (κ3) is 8.82. The lowest BCUT2D eigenvalue weighted by Crippen LogP contribution is -2.32. The maximum atomic E-state index is 13.9. The van der Waals surface area contributed by atoms with Crippen LogP contribution < -0.4 is 10.9 Å². The molecule has 14 heteroatoms. The van der Waals surface area contributed by atoms with Gasteiger partial charge in [-0.25, -0.2) is 17.6 Å². The van der Waals surface area contributed by atoms with E-state index in [1.807, 2.05) is 0 Å². The molecule has 0 aliphatic rings. The lowest BCUT2D eigenvalue weighted by molar-refractivity contribution is -0.387. The average Bonchev–Trinajstić information content (AvgIpc) is 3.00. The molecule has 3 rings (SSSR count). The number of sulfonamides is 1. The molecule has 0 saturated carbocycles. The second kappa shape index (κ2) is 16.2. The second-order valence-electron chi connectivity index (χ2n) is 10.4. The van der Waals surface area contributed by atoms with Gasteiger partial charge in [-0.2, -0.15) is 8.70 Å². The smallest absolute Gasteiger partial charge is 0.349 e. The van der Waals surface area contributed by atoms with E-state index in [0.29, 0.717) is 25.9 Å². The molecule has 0 fully saturated rings. The molecular formula is C30H37F2N3O8S. The number of nitro groups is 1. The Morgan fingerprint density at radius 3 is 2.20 bits per heavy atom. The Hall–Kier alpha value is -3.91. The molecule has 240 valence electrons. The van der Waals surface area contributed by atoms with E-state index < -0.39 is 55.1 Å². The summed E-state index contributed by atoms with van der Waals surface area (Å²) in [7, 11) is -3.96. The van der Waals surface area contributed by atoms with Crippen LogP contribution in [0.4, 0.5) is 14.5 Å². The van der Waals surface area contributed by atoms with E-state index in [-0.39, 0.29) is 22.4 Å². The summed E-state index contributed by atoms with van der Waals surface area (Å²) in [5, 5.41) is 23.0. The Morgan fingerprint density at radius 2 is 1.59 bits per heavy atom. The van der Waals surface area contributed by atoms with Gasteiger partial charge >= 0.3 is 5.63 Å². The monoisotopic (exact) mass is 637 g/mol. The minimum atomic E-state index is -3.96. The highest BCUT2D eigenvalue weighted by atomic mass is 32.2. The molecule has 1 amide bonds. The first-order valence-corrected chi connectivity index (χ1v) is 16.1. The number of halogens is 2. The lowest BCUT2D eigenvalue weighted by Gasteiger charge is -2.20. The largest absolute Gasteiger partial charge is 0.503 e. The summed E-state index contributed by atoms with van der Waals surface area (Å²) in [6.07, 6.45) is 9.10. The van der Waals surface area contributed by atoms with Gasteiger partial charge in [0.2, 0.25) is 15.8 Å². The van der Waals surface area contributed by atoms with Crippen LogP contribution >= 0.6 is 0 Å². The Balaban J connectivity index is 1.27. The molecule has 0 unspecified atom stereocenters. The van der Waals surface area contributed by atoms with Gasteiger partial charge in [-0.05, 0) is 31.0 Å². The maximum Gasteiger partial charge on any atom is 0.349 e. The topological polar surface area (TPSA) is 160 Å². The molecule has 1 aromatic heterocycles. The Bertz CT molecular complexity index is 1630. The molecule has 0 spiro atoms. The first kappa shape index (κ1) is 34.6. The van der Waals surface area contributed by atoms with Crippen LogP contribution in [-0.4, -0.2) is 48.3 Å². The van der Waals surface area contributed by atoms with Gasteiger partial charge in [-0.15, -0.1) is 0 Å². The van der Waals surface area contributed by atoms with Crippen molar-refractivity contribution in [2.75, 3.05) is 19.6 Å². The van der Waals surface area contributed by atoms with Crippen LogP contribution in [-0.2, 0) is 10.0 Å². The summed E-state index contributed by atoms with van der Waals surface area (Å²) < 4.78 is 59.5. The SMILES string of the molecule is CCN(CCCCCCCCCCCCNC(=O)c1cc2cc(F)c(O)c(F)c2oc1=O)S(=O)(=O)c1ccccc1[N+](=O)[O-]. The number of phenols is 1. The summed E-state index contributed by atoms with van der Waals surface area (Å²) in [6.45, 7) is 2.56. The van der Waals surface area contributed by atoms with Crippen molar-refractivity contribution in [3.05, 3.63) is 74.1 Å². The standard InChI is InChI=1S/C30H37F2N3O8S/c1-2-34(44(41,42)25-16-12-11-15-24(25)35(39)40)18-14-10-8-6-4-3-5-7-9-13-17-33-29(37)22-19-21-20-23(31)27(36)26(32)28(21)43-30(22)38/h11-12,15-16,19-20,36H,2-10,13-14,17-18H2,1H3,(H,33,37). The maximum absolute atomic E-state index is 13.9. The minimum absolute atomic E-state index is 0.158. The lowest BCUT2D eigenvalue weighted by atomic mass is 10.1. The molecule has 44 heavy (non-hydrogen) atoms. The van der Waals surface area contributed by atoms with E-state index in [0.717, 1.165) is 63.5 Å². The van der Waals surface area contributed by atoms with E-state index in [4.69, 9.17) is 4.42 Å². The van der Waals surface area contributed by atoms with Crippen LogP contribution in [0.2, 0.25) is 0 Å². The van der Waals surface area contributed by atoms with Crippen molar-refractivity contribution in [3.63, 3.8) is 0 Å². The van der Waals surface area contributed by atoms with Gasteiger partial charge in [0.05, 0.1) is 4.92 Å². The van der Waals surface area contributed by atoms with E-state index in [9.17, 15) is 42.0 Å². The average molecular weight is 638 g/mol. The Morgan fingerprint density at radius 1 is 1.00 bits per heavy atom. The van der Waals surface area contributed by atoms with Crippen LogP contribution in [0.3, 0.4) is 0 Å². The number of unbranched alkanes of at least 4 members (excludes halogenated alkanes) is 9. The van der Waals surface area contributed by atoms with Gasteiger partial charge < -0.3 is 14.8 Å². The Labute approximate surface area is 254 Å². The van der Waals surface area contributed by atoms with Gasteiger partial charge in [0.25, 0.3) is 11.6 Å². The molecule has 0 aliphatic carbocycles. The molecule has 0 bridgehead atoms. The highest BCUT2D eigenvalue weighted by molar-refractivity contribution is 7.89. The van der Waals surface area contributed by atoms with Crippen LogP contribution in [0, 0.1) is 21.7 Å². The second-order valence-corrected chi connectivity index (χ2v) is 12.3. The van der Waals surface area contributed by atoms with Crippen molar-refractivity contribution in [1.29, 1.82) is 0 Å². The van der Waals surface area contributed by atoms with Crippen molar-refractivity contribution in [2.45, 2.75) is 76.0 Å². The minimum Gasteiger partial charge on any atom is -0.503 e. The number of nitrogens with one attached hydrogen (secondary N) is 1. The number of fused-ring (bicyclic) bond motifs is 1. The van der Waals surface area contributed by atoms with Gasteiger partial charge in [0, 0.05) is 31.1 Å². The summed E-state index contributed by atoms with van der Waals surface area (Å²) in [6, 6.07) is 7.19. The number of carbonyl (C=O) groups is 1. The fourth-order valence-electron chi connectivity index (χ4n) is 4.88. The van der Waals surface area contributed by atoms with Crippen molar-refractivity contribution in [1.82, 2.24) is 9.62 Å². The normalized spacial score (nSPS) is 11.7. The molecule has 1 heterocycles. The Kier molecular flexibility index (Phi) is 12.8. The summed E-state index contributed by atoms with van der Waals surface area (Å²) in [4.78, 5) is 34.8. The number of hydrogen-bond donors (Lipinski definition) is 2. The van der Waals surface area contributed by atoms with Crippen LogP contribution in [0.25, 0.3) is 11.0 Å². The van der Waals surface area contributed by atoms with Crippen LogP contribution in [0.15, 0.2) is 50.5 Å². The molecule has 0 aliphatic heterocycles. The van der Waals surface area contributed by atoms with E-state index in [2.05, 4.69) is 5.32 Å². The van der Waals surface area contributed by atoms with Crippen LogP contribution in [0.1, 0.15) is 81.5 Å². The van der Waals surface area contributed by atoms with E-state index in [1.54, 1.807) is 6.92 Å². The first-order chi connectivity index (χ1) is 21.0. The number of carbonyl (C=O) groups excluding carboxylic acids is 1. The van der Waals surface area contributed by atoms with Crippen LogP contribution in [0.5, 0.6) is 5.75 Å². The number of para-hydroxylation sites is 1. The van der Waals surface area contributed by atoms with Crippen molar-refractivity contribution < 1.29 is 36.4 Å². The number of hydrogen-bond acceptors (Lipinski definition) is 8. The number of amides is 1. The van der Waals surface area contributed by atoms with Crippen molar-refractivity contribution >= 4 is 32.6 Å². The number of aromatic hydroxyl groups is 1. The zero-order valence-electron chi connectivity index (χ0n) is 24.5. The van der Waals surface area contributed by atoms with Crippen molar-refractivity contribution in [3.8, 4) is 5.75 Å². The number of benzene rings is 2. The predicted octanol–water partition coefficient (Wildman–Crippen LogP) is 6.03. The molecule has 3 aromatic rings. The summed E-state index contributed by atoms with van der Waals surface area (Å²) in [5.41, 5.74) is -2.53. The summed E-state index contributed by atoms with van der Waals surface area (Å²) in [5.74, 6) is -4.61. The first-order valence-electron chi connectivity index (χ1n) is 14.7. The van der Waals surface area contributed by atoms with Gasteiger partial charge in [0.15, 0.2) is 22.0 Å². The molecule has 11 nitrogen and oxygen atoms in total. The number of nitrogens with zero attached hydrogens (tertiary/aromatic N) is 2. The zero-order valence-corrected chi connectivity index (χ0v) is 25.3. The third-order valence-corrected chi connectivity index (χ3v) is 9.31. The van der Waals surface area contributed by atoms with E-state index in [1.165, 1.54) is 28.6 Å². The quantitative estimate of drug-likeness (QED) is 0.0740. The number of phenolic OH excluding ortho intramolecular Hbond substituents is 1. The molecule has 2 aromatic carbocycles. The molecule has 2 N–H and O–H groups in total. The molecule has 0 radical (unpaired) electrons. The molecular weight excluding hydrogens is 600 g/mol. The zero-order chi connectivity index (χ0) is 32.3. The fraction of sp³-hybridized carbons (Fsp3) is 0.467. The summed E-state index contributed by atoms with van der Waals surface area (Å²) >= 11 is 0. The highest BCUT2D eigenvalue weighted by Gasteiger charge is 2.30. The number of nitro benzene ring substituents is 1. The van der Waals surface area contributed by atoms with Gasteiger partial charge in [-0.1, -0.05) is 70.4 Å². The van der Waals surface area contributed by atoms with Gasteiger partial charge in [-0.3, -0.25) is 14.9 Å². The predicted molar refractivity (Wildman–Crippen MR) is 160 cm³/mol. The third-order valence-electron chi connectivity index (χ3n) is 7.29. The van der Waals surface area contributed by atoms with Gasteiger partial charge in [0.1, 0.15) is 5.56 Å².